The van der Waals surface area contributed by atoms with E-state index in [0.29, 0.717) is 5.56 Å². The molecule has 0 fully saturated rings. The van der Waals surface area contributed by atoms with E-state index in [2.05, 4.69) is 30.5 Å². The zero-order valence-corrected chi connectivity index (χ0v) is 10.5. The third-order valence-electron chi connectivity index (χ3n) is 2.44. The molecule has 0 N–H and O–H groups in total. The minimum Gasteiger partial charge on any atom is -0.293 e. The Hall–Kier alpha value is -1.35. The minimum atomic E-state index is -0.439. The number of rotatable bonds is 2. The summed E-state index contributed by atoms with van der Waals surface area (Å²) in [6.45, 7) is 8.07. The van der Waals surface area contributed by atoms with Crippen LogP contribution in [-0.4, -0.2) is 13.1 Å². The molecule has 0 amide bonds. The summed E-state index contributed by atoms with van der Waals surface area (Å²) in [5.41, 5.74) is 2.36. The zero-order chi connectivity index (χ0) is 12.3. The average molecular weight is 222 g/mol. The van der Waals surface area contributed by atoms with Gasteiger partial charge in [0.15, 0.2) is 0 Å². The smallest absolute Gasteiger partial charge is 0.293 e. The van der Waals surface area contributed by atoms with Crippen LogP contribution in [-0.2, 0) is 15.2 Å². The third-order valence-corrected chi connectivity index (χ3v) is 2.44. The van der Waals surface area contributed by atoms with Crippen LogP contribution in [0.1, 0.15) is 42.3 Å². The summed E-state index contributed by atoms with van der Waals surface area (Å²) in [5.74, 6) is -0.439. The van der Waals surface area contributed by atoms with E-state index in [1.165, 1.54) is 7.11 Å². The molecule has 3 heteroatoms. The van der Waals surface area contributed by atoms with Crippen molar-refractivity contribution in [1.82, 2.24) is 0 Å². The first-order valence-electron chi connectivity index (χ1n) is 5.23. The van der Waals surface area contributed by atoms with E-state index in [1.54, 1.807) is 0 Å². The van der Waals surface area contributed by atoms with E-state index in [-0.39, 0.29) is 5.41 Å². The van der Waals surface area contributed by atoms with Gasteiger partial charge < -0.3 is 0 Å². The molecule has 16 heavy (non-hydrogen) atoms. The topological polar surface area (TPSA) is 35.5 Å². The molecule has 0 saturated heterocycles. The van der Waals surface area contributed by atoms with Crippen molar-refractivity contribution in [3.05, 3.63) is 34.9 Å². The van der Waals surface area contributed by atoms with Crippen molar-refractivity contribution in [1.29, 1.82) is 0 Å². The molecule has 0 aliphatic carbocycles. The van der Waals surface area contributed by atoms with Gasteiger partial charge in [-0.1, -0.05) is 39.0 Å². The summed E-state index contributed by atoms with van der Waals surface area (Å²) in [6.07, 6.45) is 0. The average Bonchev–Trinajstić information content (AvgIpc) is 2.16. The van der Waals surface area contributed by atoms with E-state index >= 15 is 0 Å². The van der Waals surface area contributed by atoms with E-state index < -0.39 is 5.97 Å². The van der Waals surface area contributed by atoms with E-state index in [4.69, 9.17) is 0 Å². The number of carbonyl (C=O) groups is 1. The minimum absolute atomic E-state index is 0.103. The molecule has 0 heterocycles. The van der Waals surface area contributed by atoms with Gasteiger partial charge in [0.05, 0.1) is 12.7 Å². The Labute approximate surface area is 96.3 Å². The van der Waals surface area contributed by atoms with Gasteiger partial charge in [0, 0.05) is 0 Å². The molecule has 1 rings (SSSR count). The van der Waals surface area contributed by atoms with Crippen molar-refractivity contribution in [2.75, 3.05) is 7.11 Å². The predicted molar refractivity (Wildman–Crippen MR) is 62.3 cm³/mol. The standard InChI is InChI=1S/C13H18O3/c1-9-7-6-8-10(13(2,3)4)11(9)12(14)16-15-5/h6-8H,1-5H3. The maximum atomic E-state index is 11.8. The second-order valence-corrected chi connectivity index (χ2v) is 4.78. The lowest BCUT2D eigenvalue weighted by Crippen LogP contribution is -2.19. The fraction of sp³-hybridized carbons (Fsp3) is 0.462. The quantitative estimate of drug-likeness (QED) is 0.570. The Morgan fingerprint density at radius 2 is 1.88 bits per heavy atom. The lowest BCUT2D eigenvalue weighted by molar-refractivity contribution is -0.216. The molecule has 1 aromatic carbocycles. The van der Waals surface area contributed by atoms with Crippen molar-refractivity contribution in [2.24, 2.45) is 0 Å². The summed E-state index contributed by atoms with van der Waals surface area (Å²) < 4.78 is 0. The molecule has 0 aliphatic heterocycles. The first kappa shape index (κ1) is 12.7. The largest absolute Gasteiger partial charge is 0.373 e. The number of hydrogen-bond acceptors (Lipinski definition) is 3. The molecule has 0 atom stereocenters. The molecule has 0 saturated carbocycles. The number of benzene rings is 1. The van der Waals surface area contributed by atoms with Gasteiger partial charge in [-0.25, -0.2) is 4.79 Å². The molecule has 88 valence electrons. The SMILES string of the molecule is COOC(=O)c1c(C)cccc1C(C)(C)C. The first-order chi connectivity index (χ1) is 7.38. The highest BCUT2D eigenvalue weighted by Gasteiger charge is 2.24. The van der Waals surface area contributed by atoms with Crippen LogP contribution in [0, 0.1) is 6.92 Å². The summed E-state index contributed by atoms with van der Waals surface area (Å²) in [7, 11) is 1.33. The van der Waals surface area contributed by atoms with Crippen LogP contribution >= 0.6 is 0 Å². The van der Waals surface area contributed by atoms with E-state index in [1.807, 2.05) is 25.1 Å². The van der Waals surface area contributed by atoms with Crippen molar-refractivity contribution in [3.8, 4) is 0 Å². The highest BCUT2D eigenvalue weighted by molar-refractivity contribution is 5.92. The van der Waals surface area contributed by atoms with Gasteiger partial charge in [-0.2, -0.15) is 4.89 Å². The Morgan fingerprint density at radius 3 is 2.38 bits per heavy atom. The van der Waals surface area contributed by atoms with Crippen molar-refractivity contribution >= 4 is 5.97 Å². The molecule has 0 spiro atoms. The molecular formula is C13H18O3. The van der Waals surface area contributed by atoms with Gasteiger partial charge in [-0.3, -0.25) is 4.89 Å². The maximum Gasteiger partial charge on any atom is 0.373 e. The molecule has 0 radical (unpaired) electrons. The normalized spacial score (nSPS) is 11.3. The molecule has 3 nitrogen and oxygen atoms in total. The lowest BCUT2D eigenvalue weighted by Gasteiger charge is -2.22. The monoisotopic (exact) mass is 222 g/mol. The second kappa shape index (κ2) is 4.66. The van der Waals surface area contributed by atoms with E-state index in [0.717, 1.165) is 11.1 Å². The van der Waals surface area contributed by atoms with Gasteiger partial charge in [0.25, 0.3) is 0 Å². The fourth-order valence-electron chi connectivity index (χ4n) is 1.68. The van der Waals surface area contributed by atoms with Crippen molar-refractivity contribution in [2.45, 2.75) is 33.1 Å². The van der Waals surface area contributed by atoms with Crippen LogP contribution < -0.4 is 0 Å². The molecule has 0 bridgehead atoms. The zero-order valence-electron chi connectivity index (χ0n) is 10.5. The maximum absolute atomic E-state index is 11.8. The Balaban J connectivity index is 3.30. The summed E-state index contributed by atoms with van der Waals surface area (Å²) in [4.78, 5) is 20.8. The Bertz CT molecular complexity index is 389. The highest BCUT2D eigenvalue weighted by atomic mass is 17.2. The van der Waals surface area contributed by atoms with Crippen LogP contribution in [0.3, 0.4) is 0 Å². The molecular weight excluding hydrogens is 204 g/mol. The molecule has 0 aliphatic rings. The van der Waals surface area contributed by atoms with Crippen LogP contribution in [0.5, 0.6) is 0 Å². The van der Waals surface area contributed by atoms with Crippen LogP contribution in [0.4, 0.5) is 0 Å². The second-order valence-electron chi connectivity index (χ2n) is 4.78. The predicted octanol–water partition coefficient (Wildman–Crippen LogP) is 3.01. The van der Waals surface area contributed by atoms with Gasteiger partial charge in [-0.15, -0.1) is 0 Å². The first-order valence-corrected chi connectivity index (χ1v) is 5.23. The summed E-state index contributed by atoms with van der Waals surface area (Å²) in [5, 5.41) is 0. The van der Waals surface area contributed by atoms with Crippen LogP contribution in [0.2, 0.25) is 0 Å². The summed E-state index contributed by atoms with van der Waals surface area (Å²) >= 11 is 0. The Morgan fingerprint density at radius 1 is 1.25 bits per heavy atom. The number of hydrogen-bond donors (Lipinski definition) is 0. The van der Waals surface area contributed by atoms with Crippen molar-refractivity contribution in [3.63, 3.8) is 0 Å². The van der Waals surface area contributed by atoms with Gasteiger partial charge >= 0.3 is 5.97 Å². The summed E-state index contributed by atoms with van der Waals surface area (Å²) in [6, 6.07) is 5.78. The molecule has 1 aromatic rings. The van der Waals surface area contributed by atoms with Crippen LogP contribution in [0.25, 0.3) is 0 Å². The van der Waals surface area contributed by atoms with Gasteiger partial charge in [-0.05, 0) is 23.5 Å². The molecule has 0 aromatic heterocycles. The fourth-order valence-corrected chi connectivity index (χ4v) is 1.68. The van der Waals surface area contributed by atoms with Gasteiger partial charge in [0.1, 0.15) is 0 Å². The van der Waals surface area contributed by atoms with Crippen molar-refractivity contribution < 1.29 is 14.6 Å². The van der Waals surface area contributed by atoms with Crippen LogP contribution in [0.15, 0.2) is 18.2 Å². The highest BCUT2D eigenvalue weighted by Crippen LogP contribution is 2.28. The van der Waals surface area contributed by atoms with E-state index in [9.17, 15) is 4.79 Å². The number of aryl methyl sites for hydroxylation is 1. The Kier molecular flexibility index (Phi) is 3.70. The van der Waals surface area contributed by atoms with Gasteiger partial charge in [0.2, 0.25) is 0 Å². The molecule has 0 unspecified atom stereocenters. The number of carbonyl (C=O) groups excluding carboxylic acids is 1. The lowest BCUT2D eigenvalue weighted by atomic mass is 9.82. The third kappa shape index (κ3) is 2.61.